The molecular weight excluding hydrogens is 348 g/mol. The van der Waals surface area contributed by atoms with Gasteiger partial charge in [0.15, 0.2) is 0 Å². The Balaban J connectivity index is 2.34. The summed E-state index contributed by atoms with van der Waals surface area (Å²) in [5.74, 6) is 0.710. The van der Waals surface area contributed by atoms with Crippen molar-refractivity contribution in [3.05, 3.63) is 23.8 Å². The molecule has 150 valence electrons. The highest BCUT2D eigenvalue weighted by molar-refractivity contribution is 5.84. The molecule has 0 unspecified atom stereocenters. The van der Waals surface area contributed by atoms with E-state index in [4.69, 9.17) is 14.2 Å². The van der Waals surface area contributed by atoms with Crippen LogP contribution in [0.15, 0.2) is 18.2 Å². The maximum absolute atomic E-state index is 12.8. The minimum atomic E-state index is -0.356. The van der Waals surface area contributed by atoms with Crippen molar-refractivity contribution in [1.82, 2.24) is 10.2 Å². The maximum Gasteiger partial charge on any atom is 0.225 e. The molecule has 0 aromatic heterocycles. The van der Waals surface area contributed by atoms with Gasteiger partial charge in [0, 0.05) is 44.1 Å². The average Bonchev–Trinajstić information content (AvgIpc) is 3.12. The number of rotatable bonds is 8. The molecule has 2 atom stereocenters. The van der Waals surface area contributed by atoms with Crippen LogP contribution in [0.25, 0.3) is 0 Å². The van der Waals surface area contributed by atoms with E-state index >= 15 is 0 Å². The second-order valence-corrected chi connectivity index (χ2v) is 7.00. The average molecular weight is 378 g/mol. The third-order valence-corrected chi connectivity index (χ3v) is 4.90. The van der Waals surface area contributed by atoms with E-state index in [0.29, 0.717) is 37.7 Å². The number of carbonyl (C=O) groups is 2. The molecule has 0 radical (unpaired) electrons. The summed E-state index contributed by atoms with van der Waals surface area (Å²) in [6, 6.07) is 5.55. The number of carbonyl (C=O) groups excluding carboxylic acids is 2. The minimum Gasteiger partial charge on any atom is -0.497 e. The zero-order valence-electron chi connectivity index (χ0n) is 16.8. The van der Waals surface area contributed by atoms with Crippen LogP contribution in [0.5, 0.6) is 11.5 Å². The first kappa shape index (κ1) is 21.0. The lowest BCUT2D eigenvalue weighted by Crippen LogP contribution is -2.37. The Morgan fingerprint density at radius 1 is 1.19 bits per heavy atom. The summed E-state index contributed by atoms with van der Waals surface area (Å²) in [4.78, 5) is 27.1. The Kier molecular flexibility index (Phi) is 7.47. The number of benzene rings is 1. The standard InChI is InChI=1S/C20H30N2O5/c1-13(2)20(24)22-11-16(17(12-22)19(23)21-8-9-25-3)15-10-14(26-4)6-7-18(15)27-5/h6-7,10,13,16-17H,8-9,11-12H2,1-5H3,(H,21,23)/t16-,17+/m1/s1. The normalized spacial score (nSPS) is 19.3. The summed E-state index contributed by atoms with van der Waals surface area (Å²) in [5, 5.41) is 2.91. The number of nitrogens with one attached hydrogen (secondary N) is 1. The van der Waals surface area contributed by atoms with Crippen LogP contribution < -0.4 is 14.8 Å². The van der Waals surface area contributed by atoms with E-state index in [1.807, 2.05) is 32.0 Å². The number of ether oxygens (including phenoxy) is 3. The number of hydrogen-bond acceptors (Lipinski definition) is 5. The van der Waals surface area contributed by atoms with Crippen LogP contribution in [0.2, 0.25) is 0 Å². The zero-order valence-corrected chi connectivity index (χ0v) is 16.8. The lowest BCUT2D eigenvalue weighted by molar-refractivity contribution is -0.133. The van der Waals surface area contributed by atoms with Crippen LogP contribution in [0.3, 0.4) is 0 Å². The Labute approximate surface area is 161 Å². The van der Waals surface area contributed by atoms with Gasteiger partial charge in [-0.3, -0.25) is 9.59 Å². The summed E-state index contributed by atoms with van der Waals surface area (Å²) < 4.78 is 15.9. The number of nitrogens with zero attached hydrogens (tertiary/aromatic N) is 1. The van der Waals surface area contributed by atoms with Gasteiger partial charge in [-0.05, 0) is 18.2 Å². The molecule has 1 N–H and O–H groups in total. The van der Waals surface area contributed by atoms with E-state index in [2.05, 4.69) is 5.32 Å². The predicted octanol–water partition coefficient (Wildman–Crippen LogP) is 1.66. The molecule has 1 aromatic carbocycles. The van der Waals surface area contributed by atoms with E-state index < -0.39 is 0 Å². The zero-order chi connectivity index (χ0) is 20.0. The molecule has 2 amide bonds. The highest BCUT2D eigenvalue weighted by Gasteiger charge is 2.42. The van der Waals surface area contributed by atoms with E-state index in [-0.39, 0.29) is 29.6 Å². The third-order valence-electron chi connectivity index (χ3n) is 4.90. The van der Waals surface area contributed by atoms with Crippen LogP contribution in [-0.2, 0) is 14.3 Å². The molecule has 1 fully saturated rings. The van der Waals surface area contributed by atoms with Gasteiger partial charge in [-0.25, -0.2) is 0 Å². The van der Waals surface area contributed by atoms with Crippen molar-refractivity contribution in [2.45, 2.75) is 19.8 Å². The van der Waals surface area contributed by atoms with Gasteiger partial charge in [0.1, 0.15) is 11.5 Å². The molecule has 0 spiro atoms. The van der Waals surface area contributed by atoms with Crippen molar-refractivity contribution < 1.29 is 23.8 Å². The second kappa shape index (κ2) is 9.60. The van der Waals surface area contributed by atoms with E-state index in [1.54, 1.807) is 26.2 Å². The summed E-state index contributed by atoms with van der Waals surface area (Å²) >= 11 is 0. The highest BCUT2D eigenvalue weighted by atomic mass is 16.5. The van der Waals surface area contributed by atoms with Gasteiger partial charge in [0.2, 0.25) is 11.8 Å². The summed E-state index contributed by atoms with van der Waals surface area (Å²) in [5.41, 5.74) is 0.878. The SMILES string of the molecule is COCCNC(=O)[C@H]1CN(C(=O)C(C)C)C[C@@H]1c1cc(OC)ccc1OC. The molecule has 1 aromatic rings. The van der Waals surface area contributed by atoms with E-state index in [0.717, 1.165) is 5.56 Å². The van der Waals surface area contributed by atoms with Gasteiger partial charge in [0.25, 0.3) is 0 Å². The molecule has 2 rings (SSSR count). The van der Waals surface area contributed by atoms with Crippen molar-refractivity contribution in [1.29, 1.82) is 0 Å². The molecule has 1 aliphatic rings. The molecule has 7 nitrogen and oxygen atoms in total. The fourth-order valence-electron chi connectivity index (χ4n) is 3.47. The lowest BCUT2D eigenvalue weighted by atomic mass is 9.87. The quantitative estimate of drug-likeness (QED) is 0.696. The number of amides is 2. The van der Waals surface area contributed by atoms with E-state index in [9.17, 15) is 9.59 Å². The smallest absolute Gasteiger partial charge is 0.225 e. The molecule has 0 aliphatic carbocycles. The summed E-state index contributed by atoms with van der Waals surface area (Å²) in [6.07, 6.45) is 0. The largest absolute Gasteiger partial charge is 0.497 e. The molecule has 7 heteroatoms. The monoisotopic (exact) mass is 378 g/mol. The van der Waals surface area contributed by atoms with Crippen LogP contribution in [0.1, 0.15) is 25.3 Å². The predicted molar refractivity (Wildman–Crippen MR) is 102 cm³/mol. The van der Waals surface area contributed by atoms with Crippen molar-refractivity contribution in [2.24, 2.45) is 11.8 Å². The van der Waals surface area contributed by atoms with Crippen LogP contribution in [-0.4, -0.2) is 64.3 Å². The van der Waals surface area contributed by atoms with Crippen molar-refractivity contribution in [3.8, 4) is 11.5 Å². The number of likely N-dealkylation sites (tertiary alicyclic amines) is 1. The molecule has 1 heterocycles. The first-order valence-electron chi connectivity index (χ1n) is 9.20. The van der Waals surface area contributed by atoms with Gasteiger partial charge in [-0.2, -0.15) is 0 Å². The minimum absolute atomic E-state index is 0.0501. The van der Waals surface area contributed by atoms with Gasteiger partial charge in [0.05, 0.1) is 26.7 Å². The van der Waals surface area contributed by atoms with Gasteiger partial charge in [-0.1, -0.05) is 13.8 Å². The van der Waals surface area contributed by atoms with Crippen LogP contribution >= 0.6 is 0 Å². The molecule has 0 saturated carbocycles. The first-order chi connectivity index (χ1) is 12.9. The van der Waals surface area contributed by atoms with Gasteiger partial charge >= 0.3 is 0 Å². The number of methoxy groups -OCH3 is 3. The third kappa shape index (κ3) is 4.91. The Bertz CT molecular complexity index is 662. The molecular formula is C20H30N2O5. The van der Waals surface area contributed by atoms with Crippen molar-refractivity contribution >= 4 is 11.8 Å². The van der Waals surface area contributed by atoms with Crippen molar-refractivity contribution in [3.63, 3.8) is 0 Å². The first-order valence-corrected chi connectivity index (χ1v) is 9.20. The number of hydrogen-bond donors (Lipinski definition) is 1. The Morgan fingerprint density at radius 3 is 2.52 bits per heavy atom. The van der Waals surface area contributed by atoms with Gasteiger partial charge in [-0.15, -0.1) is 0 Å². The van der Waals surface area contributed by atoms with E-state index in [1.165, 1.54) is 0 Å². The molecule has 1 aliphatic heterocycles. The maximum atomic E-state index is 12.8. The second-order valence-electron chi connectivity index (χ2n) is 7.00. The fourth-order valence-corrected chi connectivity index (χ4v) is 3.47. The molecule has 0 bridgehead atoms. The summed E-state index contributed by atoms with van der Waals surface area (Å²) in [7, 11) is 4.80. The Hall–Kier alpha value is -2.28. The fraction of sp³-hybridized carbons (Fsp3) is 0.600. The lowest BCUT2D eigenvalue weighted by Gasteiger charge is -2.21. The van der Waals surface area contributed by atoms with Crippen LogP contribution in [0, 0.1) is 11.8 Å². The van der Waals surface area contributed by atoms with Gasteiger partial charge < -0.3 is 24.4 Å². The highest BCUT2D eigenvalue weighted by Crippen LogP contribution is 2.39. The molecule has 1 saturated heterocycles. The molecule has 27 heavy (non-hydrogen) atoms. The summed E-state index contributed by atoms with van der Waals surface area (Å²) in [6.45, 7) is 5.49. The van der Waals surface area contributed by atoms with Crippen LogP contribution in [0.4, 0.5) is 0 Å². The topological polar surface area (TPSA) is 77.1 Å². The van der Waals surface area contributed by atoms with Crippen molar-refractivity contribution in [2.75, 3.05) is 47.6 Å². The Morgan fingerprint density at radius 2 is 1.93 bits per heavy atom.